The summed E-state index contributed by atoms with van der Waals surface area (Å²) in [6, 6.07) is 10.7. The van der Waals surface area contributed by atoms with Gasteiger partial charge in [0.05, 0.1) is 0 Å². The van der Waals surface area contributed by atoms with Gasteiger partial charge in [-0.15, -0.1) is 0 Å². The smallest absolute Gasteiger partial charge is 0.0431 e. The van der Waals surface area contributed by atoms with Crippen LogP contribution in [0.4, 0.5) is 0 Å². The fraction of sp³-hybridized carbons (Fsp3) is 0.538. The van der Waals surface area contributed by atoms with Crippen molar-refractivity contribution in [3.63, 3.8) is 0 Å². The lowest BCUT2D eigenvalue weighted by atomic mass is 10.1. The van der Waals surface area contributed by atoms with Gasteiger partial charge in [-0.1, -0.05) is 30.3 Å². The average molecular weight is 222 g/mol. The number of rotatable bonds is 8. The highest BCUT2D eigenvalue weighted by molar-refractivity contribution is 5.15. The van der Waals surface area contributed by atoms with Crippen LogP contribution in [-0.2, 0) is 6.42 Å². The molecule has 0 aromatic heterocycles. The summed E-state index contributed by atoms with van der Waals surface area (Å²) in [4.78, 5) is 0. The summed E-state index contributed by atoms with van der Waals surface area (Å²) in [5.74, 6) is 0. The molecule has 3 nitrogen and oxygen atoms in total. The van der Waals surface area contributed by atoms with Crippen LogP contribution in [-0.4, -0.2) is 30.8 Å². The highest BCUT2D eigenvalue weighted by Gasteiger charge is 2.05. The number of unbranched alkanes of at least 4 members (excludes halogenated alkanes) is 1. The number of nitrogens with one attached hydrogen (secondary N) is 1. The van der Waals surface area contributed by atoms with E-state index < -0.39 is 0 Å². The lowest BCUT2D eigenvalue weighted by Crippen LogP contribution is -2.38. The zero-order chi connectivity index (χ0) is 11.6. The number of benzene rings is 1. The van der Waals surface area contributed by atoms with E-state index >= 15 is 0 Å². The Balaban J connectivity index is 2.26. The maximum Gasteiger partial charge on any atom is 0.0431 e. The lowest BCUT2D eigenvalue weighted by molar-refractivity contribution is 0.282. The van der Waals surface area contributed by atoms with E-state index in [0.29, 0.717) is 12.6 Å². The van der Waals surface area contributed by atoms with Gasteiger partial charge in [-0.3, -0.25) is 0 Å². The van der Waals surface area contributed by atoms with Crippen LogP contribution in [0.3, 0.4) is 0 Å². The van der Waals surface area contributed by atoms with Gasteiger partial charge in [0.15, 0.2) is 0 Å². The first-order chi connectivity index (χ1) is 7.86. The summed E-state index contributed by atoms with van der Waals surface area (Å²) < 4.78 is 0. The molecule has 0 aliphatic rings. The van der Waals surface area contributed by atoms with Gasteiger partial charge in [0.25, 0.3) is 0 Å². The van der Waals surface area contributed by atoms with Crippen LogP contribution in [0.15, 0.2) is 30.3 Å². The van der Waals surface area contributed by atoms with Gasteiger partial charge < -0.3 is 16.2 Å². The first kappa shape index (κ1) is 13.2. The number of hydrogen-bond donors (Lipinski definition) is 3. The number of aliphatic hydroxyl groups is 1. The Bertz CT molecular complexity index is 264. The van der Waals surface area contributed by atoms with Gasteiger partial charge in [0.2, 0.25) is 0 Å². The topological polar surface area (TPSA) is 58.3 Å². The molecule has 4 N–H and O–H groups in total. The van der Waals surface area contributed by atoms with Crippen molar-refractivity contribution in [3.8, 4) is 0 Å². The highest BCUT2D eigenvalue weighted by Crippen LogP contribution is 2.02. The van der Waals surface area contributed by atoms with Crippen molar-refractivity contribution >= 4 is 0 Å². The maximum absolute atomic E-state index is 8.67. The maximum atomic E-state index is 8.67. The zero-order valence-corrected chi connectivity index (χ0v) is 9.73. The standard InChI is InChI=1S/C13H22N2O/c14-11-13(15-8-4-5-9-16)10-12-6-2-1-3-7-12/h1-3,6-7,13,15-16H,4-5,8-11,14H2. The van der Waals surface area contributed by atoms with E-state index in [1.165, 1.54) is 5.56 Å². The second kappa shape index (κ2) is 8.28. The molecule has 0 radical (unpaired) electrons. The zero-order valence-electron chi connectivity index (χ0n) is 9.73. The van der Waals surface area contributed by atoms with Crippen LogP contribution in [0.2, 0.25) is 0 Å². The molecule has 1 atom stereocenters. The number of nitrogens with two attached hydrogens (primary N) is 1. The summed E-state index contributed by atoms with van der Waals surface area (Å²) in [5.41, 5.74) is 7.04. The van der Waals surface area contributed by atoms with Crippen LogP contribution in [0.25, 0.3) is 0 Å². The molecule has 0 bridgehead atoms. The van der Waals surface area contributed by atoms with E-state index in [-0.39, 0.29) is 6.61 Å². The van der Waals surface area contributed by atoms with Crippen molar-refractivity contribution in [1.29, 1.82) is 0 Å². The predicted molar refractivity (Wildman–Crippen MR) is 67.3 cm³/mol. The molecule has 1 aromatic carbocycles. The molecular weight excluding hydrogens is 200 g/mol. The molecule has 1 unspecified atom stereocenters. The molecule has 0 amide bonds. The largest absolute Gasteiger partial charge is 0.396 e. The van der Waals surface area contributed by atoms with Gasteiger partial charge in [-0.2, -0.15) is 0 Å². The van der Waals surface area contributed by atoms with E-state index in [0.717, 1.165) is 25.8 Å². The monoisotopic (exact) mass is 222 g/mol. The minimum atomic E-state index is 0.271. The van der Waals surface area contributed by atoms with Gasteiger partial charge in [0, 0.05) is 19.2 Å². The Morgan fingerprint density at radius 1 is 1.19 bits per heavy atom. The van der Waals surface area contributed by atoms with Crippen molar-refractivity contribution < 1.29 is 5.11 Å². The summed E-state index contributed by atoms with van der Waals surface area (Å²) in [6.07, 6.45) is 2.83. The van der Waals surface area contributed by atoms with E-state index in [9.17, 15) is 0 Å². The third-order valence-electron chi connectivity index (χ3n) is 2.63. The van der Waals surface area contributed by atoms with E-state index in [1.54, 1.807) is 0 Å². The lowest BCUT2D eigenvalue weighted by Gasteiger charge is -2.16. The molecule has 0 saturated carbocycles. The molecule has 0 saturated heterocycles. The Kier molecular flexibility index (Phi) is 6.81. The second-order valence-corrected chi connectivity index (χ2v) is 4.01. The fourth-order valence-electron chi connectivity index (χ4n) is 1.68. The Morgan fingerprint density at radius 3 is 2.56 bits per heavy atom. The summed E-state index contributed by atoms with van der Waals surface area (Å²) in [5, 5.41) is 12.1. The molecule has 0 aliphatic heterocycles. The molecular formula is C13H22N2O. The fourth-order valence-corrected chi connectivity index (χ4v) is 1.68. The van der Waals surface area contributed by atoms with Crippen LogP contribution in [0.1, 0.15) is 18.4 Å². The highest BCUT2D eigenvalue weighted by atomic mass is 16.2. The molecule has 16 heavy (non-hydrogen) atoms. The van der Waals surface area contributed by atoms with Crippen molar-refractivity contribution in [2.75, 3.05) is 19.7 Å². The molecule has 3 heteroatoms. The Morgan fingerprint density at radius 2 is 1.94 bits per heavy atom. The summed E-state index contributed by atoms with van der Waals surface area (Å²) in [7, 11) is 0. The minimum Gasteiger partial charge on any atom is -0.396 e. The average Bonchev–Trinajstić information content (AvgIpc) is 2.34. The van der Waals surface area contributed by atoms with E-state index in [4.69, 9.17) is 10.8 Å². The molecule has 0 heterocycles. The molecule has 0 spiro atoms. The van der Waals surface area contributed by atoms with Crippen LogP contribution < -0.4 is 11.1 Å². The molecule has 0 fully saturated rings. The van der Waals surface area contributed by atoms with Crippen molar-refractivity contribution in [2.24, 2.45) is 5.73 Å². The van der Waals surface area contributed by atoms with Crippen molar-refractivity contribution in [1.82, 2.24) is 5.32 Å². The molecule has 0 aliphatic carbocycles. The van der Waals surface area contributed by atoms with Crippen molar-refractivity contribution in [2.45, 2.75) is 25.3 Å². The third kappa shape index (κ3) is 5.26. The second-order valence-electron chi connectivity index (χ2n) is 4.01. The van der Waals surface area contributed by atoms with Crippen LogP contribution in [0.5, 0.6) is 0 Å². The van der Waals surface area contributed by atoms with E-state index in [1.807, 2.05) is 6.07 Å². The molecule has 90 valence electrons. The van der Waals surface area contributed by atoms with Crippen LogP contribution >= 0.6 is 0 Å². The Labute approximate surface area is 97.7 Å². The predicted octanol–water partition coefficient (Wildman–Crippen LogP) is 0.918. The quantitative estimate of drug-likeness (QED) is 0.573. The van der Waals surface area contributed by atoms with Gasteiger partial charge in [-0.25, -0.2) is 0 Å². The van der Waals surface area contributed by atoms with Gasteiger partial charge in [-0.05, 0) is 31.4 Å². The SMILES string of the molecule is NCC(Cc1ccccc1)NCCCCO. The normalized spacial score (nSPS) is 12.6. The number of hydrogen-bond acceptors (Lipinski definition) is 3. The Hall–Kier alpha value is -0.900. The van der Waals surface area contributed by atoms with Crippen molar-refractivity contribution in [3.05, 3.63) is 35.9 Å². The molecule has 1 rings (SSSR count). The molecule has 1 aromatic rings. The minimum absolute atomic E-state index is 0.271. The van der Waals surface area contributed by atoms with Gasteiger partial charge >= 0.3 is 0 Å². The van der Waals surface area contributed by atoms with Crippen LogP contribution in [0, 0.1) is 0 Å². The number of aliphatic hydroxyl groups excluding tert-OH is 1. The first-order valence-corrected chi connectivity index (χ1v) is 5.95. The van der Waals surface area contributed by atoms with Gasteiger partial charge in [0.1, 0.15) is 0 Å². The summed E-state index contributed by atoms with van der Waals surface area (Å²) in [6.45, 7) is 1.84. The first-order valence-electron chi connectivity index (χ1n) is 5.95. The summed E-state index contributed by atoms with van der Waals surface area (Å²) >= 11 is 0. The van der Waals surface area contributed by atoms with E-state index in [2.05, 4.69) is 29.6 Å². The third-order valence-corrected chi connectivity index (χ3v) is 2.63.